The summed E-state index contributed by atoms with van der Waals surface area (Å²) in [5.74, 6) is -4.32. The summed E-state index contributed by atoms with van der Waals surface area (Å²) in [6.45, 7) is 0. The lowest BCUT2D eigenvalue weighted by atomic mass is 10.0. The van der Waals surface area contributed by atoms with Crippen LogP contribution in [0, 0.1) is 17.5 Å². The highest BCUT2D eigenvalue weighted by Crippen LogP contribution is 2.24. The Labute approximate surface area is 126 Å². The zero-order chi connectivity index (χ0) is 14.9. The van der Waals surface area contributed by atoms with Crippen molar-refractivity contribution in [3.8, 4) is 0 Å². The van der Waals surface area contributed by atoms with Crippen molar-refractivity contribution in [3.63, 3.8) is 0 Å². The molecule has 2 aromatic carbocycles. The van der Waals surface area contributed by atoms with Crippen LogP contribution >= 0.6 is 27.5 Å². The van der Waals surface area contributed by atoms with Crippen LogP contribution < -0.4 is 0 Å². The smallest absolute Gasteiger partial charge is 0.173 e. The monoisotopic (exact) mass is 362 g/mol. The van der Waals surface area contributed by atoms with Gasteiger partial charge in [0.1, 0.15) is 17.5 Å². The number of hydrogen-bond donors (Lipinski definition) is 0. The first kappa shape index (κ1) is 15.1. The molecular formula is C14H7BrClF3O. The van der Waals surface area contributed by atoms with Gasteiger partial charge in [-0.15, -0.1) is 0 Å². The summed E-state index contributed by atoms with van der Waals surface area (Å²) in [5.41, 5.74) is -0.326. The molecule has 0 saturated heterocycles. The van der Waals surface area contributed by atoms with Gasteiger partial charge in [0.25, 0.3) is 0 Å². The number of carbonyl (C=O) groups excluding carboxylic acids is 1. The SMILES string of the molecule is O=C(Cc1ccc(Br)cc1Cl)c1c(F)cc(F)cc1F. The third-order valence-corrected chi connectivity index (χ3v) is 3.50. The van der Waals surface area contributed by atoms with Gasteiger partial charge in [-0.3, -0.25) is 4.79 Å². The second kappa shape index (κ2) is 5.97. The van der Waals surface area contributed by atoms with E-state index in [1.807, 2.05) is 0 Å². The van der Waals surface area contributed by atoms with Gasteiger partial charge < -0.3 is 0 Å². The van der Waals surface area contributed by atoms with Crippen LogP contribution in [0.1, 0.15) is 15.9 Å². The molecule has 2 rings (SSSR count). The average molecular weight is 364 g/mol. The van der Waals surface area contributed by atoms with E-state index in [1.54, 1.807) is 18.2 Å². The minimum absolute atomic E-state index is 0.272. The van der Waals surface area contributed by atoms with Gasteiger partial charge >= 0.3 is 0 Å². The molecule has 6 heteroatoms. The molecule has 0 aliphatic rings. The Balaban J connectivity index is 2.33. The van der Waals surface area contributed by atoms with E-state index in [0.717, 1.165) is 4.47 Å². The molecule has 0 heterocycles. The van der Waals surface area contributed by atoms with E-state index in [0.29, 0.717) is 22.7 Å². The topological polar surface area (TPSA) is 17.1 Å². The number of Topliss-reactive ketones (excluding diaryl/α,β-unsaturated/α-hetero) is 1. The van der Waals surface area contributed by atoms with Crippen molar-refractivity contribution >= 4 is 33.3 Å². The Morgan fingerprint density at radius 2 is 1.70 bits per heavy atom. The minimum Gasteiger partial charge on any atom is -0.294 e. The van der Waals surface area contributed by atoms with Gasteiger partial charge in [0.05, 0.1) is 5.56 Å². The van der Waals surface area contributed by atoms with Crippen molar-refractivity contribution in [2.24, 2.45) is 0 Å². The van der Waals surface area contributed by atoms with Gasteiger partial charge in [-0.25, -0.2) is 13.2 Å². The van der Waals surface area contributed by atoms with Crippen LogP contribution in [0.15, 0.2) is 34.8 Å². The Morgan fingerprint density at radius 1 is 1.10 bits per heavy atom. The summed E-state index contributed by atoms with van der Waals surface area (Å²) in [6.07, 6.45) is -0.272. The average Bonchev–Trinajstić information content (AvgIpc) is 2.31. The van der Waals surface area contributed by atoms with Gasteiger partial charge in [-0.05, 0) is 17.7 Å². The van der Waals surface area contributed by atoms with Crippen molar-refractivity contribution in [2.45, 2.75) is 6.42 Å². The molecule has 0 spiro atoms. The maximum atomic E-state index is 13.5. The van der Waals surface area contributed by atoms with E-state index in [2.05, 4.69) is 15.9 Å². The van der Waals surface area contributed by atoms with Crippen molar-refractivity contribution in [3.05, 3.63) is 68.4 Å². The zero-order valence-electron chi connectivity index (χ0n) is 9.89. The number of ketones is 1. The predicted molar refractivity (Wildman–Crippen MR) is 73.5 cm³/mol. The molecular weight excluding hydrogens is 357 g/mol. The summed E-state index contributed by atoms with van der Waals surface area (Å²) in [5, 5.41) is 0.302. The molecule has 0 unspecified atom stereocenters. The molecule has 0 aliphatic heterocycles. The van der Waals surface area contributed by atoms with E-state index in [4.69, 9.17) is 11.6 Å². The summed E-state index contributed by atoms with van der Waals surface area (Å²) in [7, 11) is 0. The summed E-state index contributed by atoms with van der Waals surface area (Å²) >= 11 is 9.14. The molecule has 0 bridgehead atoms. The highest BCUT2D eigenvalue weighted by atomic mass is 79.9. The molecule has 0 saturated carbocycles. The van der Waals surface area contributed by atoms with Crippen LogP contribution in [0.3, 0.4) is 0 Å². The second-order valence-corrected chi connectivity index (χ2v) is 5.40. The van der Waals surface area contributed by atoms with Gasteiger partial charge in [0.15, 0.2) is 5.78 Å². The van der Waals surface area contributed by atoms with Gasteiger partial charge in [-0.1, -0.05) is 33.6 Å². The molecule has 20 heavy (non-hydrogen) atoms. The Bertz CT molecular complexity index is 665. The highest BCUT2D eigenvalue weighted by Gasteiger charge is 2.20. The molecule has 1 nitrogen and oxygen atoms in total. The lowest BCUT2D eigenvalue weighted by Crippen LogP contribution is -2.10. The van der Waals surface area contributed by atoms with E-state index < -0.39 is 28.8 Å². The van der Waals surface area contributed by atoms with Crippen LogP contribution in [0.5, 0.6) is 0 Å². The van der Waals surface area contributed by atoms with Gasteiger partial charge in [-0.2, -0.15) is 0 Å². The zero-order valence-corrected chi connectivity index (χ0v) is 12.2. The predicted octanol–water partition coefficient (Wildman–Crippen LogP) is 4.95. The van der Waals surface area contributed by atoms with Crippen molar-refractivity contribution in [2.75, 3.05) is 0 Å². The van der Waals surface area contributed by atoms with Crippen LogP contribution in [-0.4, -0.2) is 5.78 Å². The molecule has 0 amide bonds. The van der Waals surface area contributed by atoms with Crippen LogP contribution in [0.4, 0.5) is 13.2 Å². The molecule has 0 N–H and O–H groups in total. The maximum absolute atomic E-state index is 13.5. The summed E-state index contributed by atoms with van der Waals surface area (Å²) < 4.78 is 40.5. The first-order chi connectivity index (χ1) is 9.38. The van der Waals surface area contributed by atoms with Crippen molar-refractivity contribution in [1.29, 1.82) is 0 Å². The third kappa shape index (κ3) is 3.22. The maximum Gasteiger partial charge on any atom is 0.173 e. The fraction of sp³-hybridized carbons (Fsp3) is 0.0714. The first-order valence-corrected chi connectivity index (χ1v) is 6.67. The fourth-order valence-corrected chi connectivity index (χ4v) is 2.48. The number of benzene rings is 2. The Hall–Kier alpha value is -1.33. The van der Waals surface area contributed by atoms with E-state index in [-0.39, 0.29) is 6.42 Å². The van der Waals surface area contributed by atoms with Crippen LogP contribution in [0.25, 0.3) is 0 Å². The molecule has 0 aromatic heterocycles. The van der Waals surface area contributed by atoms with Crippen molar-refractivity contribution < 1.29 is 18.0 Å². The third-order valence-electron chi connectivity index (χ3n) is 2.65. The van der Waals surface area contributed by atoms with E-state index in [9.17, 15) is 18.0 Å². The van der Waals surface area contributed by atoms with Gasteiger partial charge in [0, 0.05) is 28.0 Å². The number of carbonyl (C=O) groups is 1. The summed E-state index contributed by atoms with van der Waals surface area (Å²) in [4.78, 5) is 11.9. The number of hydrogen-bond acceptors (Lipinski definition) is 1. The van der Waals surface area contributed by atoms with Crippen LogP contribution in [-0.2, 0) is 6.42 Å². The normalized spacial score (nSPS) is 10.7. The molecule has 0 radical (unpaired) electrons. The minimum atomic E-state index is -1.22. The number of halogens is 5. The second-order valence-electron chi connectivity index (χ2n) is 4.08. The summed E-state index contributed by atoms with van der Waals surface area (Å²) in [6, 6.07) is 5.75. The molecule has 104 valence electrons. The van der Waals surface area contributed by atoms with Crippen LogP contribution in [0.2, 0.25) is 5.02 Å². The first-order valence-electron chi connectivity index (χ1n) is 5.50. The number of rotatable bonds is 3. The molecule has 0 atom stereocenters. The standard InChI is InChI=1S/C14H7BrClF3O/c15-8-2-1-7(10(16)4-8)3-13(20)14-11(18)5-9(17)6-12(14)19/h1-2,4-6H,3H2. The largest absolute Gasteiger partial charge is 0.294 e. The Morgan fingerprint density at radius 3 is 2.25 bits per heavy atom. The van der Waals surface area contributed by atoms with Gasteiger partial charge in [0.2, 0.25) is 0 Å². The molecule has 0 aliphatic carbocycles. The quantitative estimate of drug-likeness (QED) is 0.706. The fourth-order valence-electron chi connectivity index (χ4n) is 1.73. The molecule has 2 aromatic rings. The lowest BCUT2D eigenvalue weighted by molar-refractivity contribution is 0.0984. The Kier molecular flexibility index (Phi) is 4.50. The highest BCUT2D eigenvalue weighted by molar-refractivity contribution is 9.10. The molecule has 0 fully saturated rings. The van der Waals surface area contributed by atoms with E-state index >= 15 is 0 Å². The lowest BCUT2D eigenvalue weighted by Gasteiger charge is -2.06. The van der Waals surface area contributed by atoms with E-state index in [1.165, 1.54) is 0 Å². The van der Waals surface area contributed by atoms with Crippen molar-refractivity contribution in [1.82, 2.24) is 0 Å².